The SMILES string of the molecule is NO.[O]=[Ti]=[O]. The van der Waals surface area contributed by atoms with Crippen molar-refractivity contribution < 1.29 is 30.9 Å². The Hall–Kier alpha value is 0.234. The molecule has 0 aromatic heterocycles. The van der Waals surface area contributed by atoms with Crippen LogP contribution in [0.3, 0.4) is 0 Å². The van der Waals surface area contributed by atoms with Crippen LogP contribution < -0.4 is 5.90 Å². The molecule has 0 saturated carbocycles. The van der Waals surface area contributed by atoms with Crippen LogP contribution in [0.2, 0.25) is 0 Å². The van der Waals surface area contributed by atoms with Crippen molar-refractivity contribution in [1.29, 1.82) is 0 Å². The predicted molar refractivity (Wildman–Crippen MR) is 7.35 cm³/mol. The van der Waals surface area contributed by atoms with E-state index >= 15 is 0 Å². The molecule has 0 aliphatic carbocycles. The molecule has 4 nitrogen and oxygen atoms in total. The second-order valence-corrected chi connectivity index (χ2v) is 0.344. The van der Waals surface area contributed by atoms with Crippen LogP contribution in [0.1, 0.15) is 0 Å². The van der Waals surface area contributed by atoms with Crippen molar-refractivity contribution in [1.82, 2.24) is 0 Å². The predicted octanol–water partition coefficient (Wildman–Crippen LogP) is -0.906. The average Bonchev–Trinajstić information content (AvgIpc) is 1.46. The summed E-state index contributed by atoms with van der Waals surface area (Å²) in [4.78, 5) is 0. The van der Waals surface area contributed by atoms with Gasteiger partial charge in [0.15, 0.2) is 0 Å². The molecule has 0 unspecified atom stereocenters. The summed E-state index contributed by atoms with van der Waals surface area (Å²) >= 11 is -2.00. The summed E-state index contributed by atoms with van der Waals surface area (Å²) in [5, 5.41) is 6.50. The van der Waals surface area contributed by atoms with E-state index in [-0.39, 0.29) is 0 Å². The van der Waals surface area contributed by atoms with Crippen LogP contribution in [0.5, 0.6) is 0 Å². The van der Waals surface area contributed by atoms with Gasteiger partial charge < -0.3 is 5.21 Å². The van der Waals surface area contributed by atoms with Gasteiger partial charge in [0.1, 0.15) is 0 Å². The Labute approximate surface area is 37.5 Å². The van der Waals surface area contributed by atoms with E-state index in [0.717, 1.165) is 0 Å². The molecular weight excluding hydrogens is 110 g/mol. The maximum atomic E-state index is 8.50. The molecule has 0 radical (unpaired) electrons. The normalized spacial score (nSPS) is 2.80. The Bertz CT molecular complexity index is 27.9. The molecule has 0 aromatic rings. The molecule has 30 valence electrons. The molecule has 0 amide bonds. The summed E-state index contributed by atoms with van der Waals surface area (Å²) in [6.07, 6.45) is 0. The quantitative estimate of drug-likeness (QED) is 0.315. The van der Waals surface area contributed by atoms with Crippen molar-refractivity contribution in [2.45, 2.75) is 0 Å². The third-order valence-electron chi connectivity index (χ3n) is 0. The van der Waals surface area contributed by atoms with Gasteiger partial charge in [-0.1, -0.05) is 0 Å². The minimum absolute atomic E-state index is 2.00. The number of hydrogen-bond acceptors (Lipinski definition) is 4. The van der Waals surface area contributed by atoms with E-state index in [1.165, 1.54) is 0 Å². The second-order valence-electron chi connectivity index (χ2n) is 0.0833. The Morgan fingerprint density at radius 3 is 1.40 bits per heavy atom. The van der Waals surface area contributed by atoms with E-state index in [0.29, 0.717) is 0 Å². The summed E-state index contributed by atoms with van der Waals surface area (Å²) in [5.41, 5.74) is 0. The van der Waals surface area contributed by atoms with Crippen LogP contribution >= 0.6 is 0 Å². The summed E-state index contributed by atoms with van der Waals surface area (Å²) in [6, 6.07) is 0. The van der Waals surface area contributed by atoms with Crippen molar-refractivity contribution in [2.24, 2.45) is 5.90 Å². The van der Waals surface area contributed by atoms with E-state index in [9.17, 15) is 0 Å². The zero-order valence-corrected chi connectivity index (χ0v) is 3.90. The molecule has 5 heavy (non-hydrogen) atoms. The molecule has 0 fully saturated rings. The first-order valence-corrected chi connectivity index (χ1v) is 1.94. The first-order valence-electron chi connectivity index (χ1n) is 0.666. The van der Waals surface area contributed by atoms with Crippen molar-refractivity contribution >= 4 is 0 Å². The van der Waals surface area contributed by atoms with E-state index in [1.807, 2.05) is 0 Å². The van der Waals surface area contributed by atoms with Crippen LogP contribution in [0.25, 0.3) is 0 Å². The molecule has 0 bridgehead atoms. The second kappa shape index (κ2) is 29.1. The summed E-state index contributed by atoms with van der Waals surface area (Å²) < 4.78 is 17.0. The van der Waals surface area contributed by atoms with E-state index in [4.69, 9.17) is 11.9 Å². The van der Waals surface area contributed by atoms with Gasteiger partial charge >= 0.3 is 25.7 Å². The van der Waals surface area contributed by atoms with Crippen molar-refractivity contribution in [2.75, 3.05) is 0 Å². The summed E-state index contributed by atoms with van der Waals surface area (Å²) in [7, 11) is 0. The van der Waals surface area contributed by atoms with Gasteiger partial charge in [0.2, 0.25) is 0 Å². The number of nitrogens with two attached hydrogens (primary N) is 1. The van der Waals surface area contributed by atoms with Crippen LogP contribution in [-0.2, 0) is 25.7 Å². The minimum atomic E-state index is -2.00. The van der Waals surface area contributed by atoms with Gasteiger partial charge in [0.25, 0.3) is 0 Å². The third kappa shape index (κ3) is 385. The van der Waals surface area contributed by atoms with E-state index < -0.39 is 19.1 Å². The third-order valence-corrected chi connectivity index (χ3v) is 0. The van der Waals surface area contributed by atoms with Gasteiger partial charge in [-0.3, -0.25) is 0 Å². The maximum absolute atomic E-state index is 8.50. The Morgan fingerprint density at radius 2 is 1.40 bits per heavy atom. The topological polar surface area (TPSA) is 80.4 Å². The molecule has 5 heteroatoms. The molecule has 0 saturated heterocycles. The Morgan fingerprint density at radius 1 is 1.40 bits per heavy atom. The first-order chi connectivity index (χ1) is 2.41. The Balaban J connectivity index is 0. The Kier molecular flexibility index (Phi) is 52.2. The van der Waals surface area contributed by atoms with Crippen molar-refractivity contribution in [3.05, 3.63) is 0 Å². The van der Waals surface area contributed by atoms with Crippen LogP contribution in [0.15, 0.2) is 0 Å². The molecule has 0 heterocycles. The average molecular weight is 113 g/mol. The summed E-state index contributed by atoms with van der Waals surface area (Å²) in [6.45, 7) is 0. The molecular formula is H3NO3Ti. The van der Waals surface area contributed by atoms with Gasteiger partial charge in [0, 0.05) is 0 Å². The van der Waals surface area contributed by atoms with E-state index in [2.05, 4.69) is 5.90 Å². The molecule has 0 aliphatic heterocycles. The first kappa shape index (κ1) is 8.97. The molecule has 0 spiro atoms. The zero-order valence-electron chi connectivity index (χ0n) is 2.34. The monoisotopic (exact) mass is 113 g/mol. The van der Waals surface area contributed by atoms with Gasteiger partial charge in [-0.05, 0) is 0 Å². The van der Waals surface area contributed by atoms with Crippen molar-refractivity contribution in [3.8, 4) is 0 Å². The molecule has 3 N–H and O–H groups in total. The molecule has 0 aliphatic rings. The molecule has 0 atom stereocenters. The van der Waals surface area contributed by atoms with Gasteiger partial charge in [-0.25, -0.2) is 5.90 Å². The fourth-order valence-corrected chi connectivity index (χ4v) is 0. The van der Waals surface area contributed by atoms with Gasteiger partial charge in [-0.2, -0.15) is 0 Å². The standard InChI is InChI=1S/H3NO.2O.Ti/c1-2;;;/h2H,1H2;;;. The van der Waals surface area contributed by atoms with E-state index in [1.54, 1.807) is 0 Å². The van der Waals surface area contributed by atoms with Crippen LogP contribution in [0.4, 0.5) is 0 Å². The van der Waals surface area contributed by atoms with Crippen LogP contribution in [-0.4, -0.2) is 5.21 Å². The van der Waals surface area contributed by atoms with Crippen molar-refractivity contribution in [3.63, 3.8) is 0 Å². The fourth-order valence-electron chi connectivity index (χ4n) is 0. The van der Waals surface area contributed by atoms with Gasteiger partial charge in [0.05, 0.1) is 0 Å². The van der Waals surface area contributed by atoms with Gasteiger partial charge in [-0.15, -0.1) is 0 Å². The molecule has 0 aromatic carbocycles. The number of rotatable bonds is 0. The molecule has 0 rings (SSSR count). The summed E-state index contributed by atoms with van der Waals surface area (Å²) in [5.74, 6) is 3.50. The zero-order chi connectivity index (χ0) is 4.71. The number of hydrogen-bond donors (Lipinski definition) is 2. The fraction of sp³-hybridized carbons (Fsp3) is 0. The van der Waals surface area contributed by atoms with Crippen LogP contribution in [0, 0.1) is 0 Å².